The van der Waals surface area contributed by atoms with Gasteiger partial charge in [0.1, 0.15) is 11.8 Å². The van der Waals surface area contributed by atoms with Crippen LogP contribution in [0.25, 0.3) is 10.9 Å². The average molecular weight is 472 g/mol. The molecule has 4 rings (SSSR count). The monoisotopic (exact) mass is 471 g/mol. The number of carbonyl (C=O) groups is 1. The number of benzene rings is 3. The summed E-state index contributed by atoms with van der Waals surface area (Å²) in [5.41, 5.74) is 1.94. The standard InChI is InChI=1S/C26H21N3O4S/c1-3-22(18-9-5-4-6-10-18)28-26(30)21-17-20(33-2)14-15-23(21)29(34(31)32)24-13-7-11-19-12-8-16-27-25(19)24/h1,4-17,22H,2H3,(H,28,30)(H,31,32). The number of pyridine rings is 1. The molecule has 1 amide bonds. The van der Waals surface area contributed by atoms with E-state index < -0.39 is 23.2 Å². The highest BCUT2D eigenvalue weighted by Crippen LogP contribution is 2.36. The first-order valence-corrected chi connectivity index (χ1v) is 11.3. The summed E-state index contributed by atoms with van der Waals surface area (Å²) < 4.78 is 29.3. The van der Waals surface area contributed by atoms with Crippen LogP contribution in [0.3, 0.4) is 0 Å². The molecule has 0 radical (unpaired) electrons. The molecule has 0 fully saturated rings. The fourth-order valence-electron chi connectivity index (χ4n) is 3.63. The SMILES string of the molecule is C#CC(NC(=O)c1cc(OC)ccc1N(c1cccc2cccnc12)S(=O)O)c1ccccc1. The van der Waals surface area contributed by atoms with Gasteiger partial charge in [-0.15, -0.1) is 6.42 Å². The summed E-state index contributed by atoms with van der Waals surface area (Å²) in [7, 11) is 1.47. The Hall–Kier alpha value is -4.19. The summed E-state index contributed by atoms with van der Waals surface area (Å²) in [4.78, 5) is 17.8. The first kappa shape index (κ1) is 23.0. The number of anilines is 2. The van der Waals surface area contributed by atoms with Crippen LogP contribution in [-0.4, -0.2) is 26.8 Å². The van der Waals surface area contributed by atoms with Crippen molar-refractivity contribution in [3.63, 3.8) is 0 Å². The molecule has 34 heavy (non-hydrogen) atoms. The van der Waals surface area contributed by atoms with Gasteiger partial charge in [0.2, 0.25) is 0 Å². The van der Waals surface area contributed by atoms with E-state index in [2.05, 4.69) is 16.2 Å². The van der Waals surface area contributed by atoms with Gasteiger partial charge in [-0.3, -0.25) is 14.3 Å². The summed E-state index contributed by atoms with van der Waals surface area (Å²) in [5, 5.41) is 3.60. The topological polar surface area (TPSA) is 91.8 Å². The van der Waals surface area contributed by atoms with Gasteiger partial charge in [-0.05, 0) is 35.9 Å². The molecule has 0 bridgehead atoms. The number of rotatable bonds is 7. The van der Waals surface area contributed by atoms with Crippen molar-refractivity contribution < 1.29 is 18.3 Å². The predicted molar refractivity (Wildman–Crippen MR) is 133 cm³/mol. The van der Waals surface area contributed by atoms with Gasteiger partial charge in [0.15, 0.2) is 0 Å². The summed E-state index contributed by atoms with van der Waals surface area (Å²) in [5.74, 6) is 2.46. The Balaban J connectivity index is 1.82. The van der Waals surface area contributed by atoms with Crippen LogP contribution in [0.4, 0.5) is 11.4 Å². The number of para-hydroxylation sites is 1. The molecule has 0 aliphatic carbocycles. The Kier molecular flexibility index (Phi) is 6.87. The normalized spacial score (nSPS) is 12.4. The Morgan fingerprint density at radius 3 is 2.56 bits per heavy atom. The lowest BCUT2D eigenvalue weighted by atomic mass is 10.1. The van der Waals surface area contributed by atoms with Crippen molar-refractivity contribution >= 4 is 39.5 Å². The Morgan fingerprint density at radius 2 is 1.85 bits per heavy atom. The lowest BCUT2D eigenvalue weighted by Gasteiger charge is -2.24. The maximum absolute atomic E-state index is 13.4. The van der Waals surface area contributed by atoms with E-state index in [0.29, 0.717) is 17.0 Å². The zero-order valence-corrected chi connectivity index (χ0v) is 19.0. The Morgan fingerprint density at radius 1 is 1.09 bits per heavy atom. The second kappa shape index (κ2) is 10.2. The van der Waals surface area contributed by atoms with Gasteiger partial charge in [-0.1, -0.05) is 54.5 Å². The molecule has 0 saturated heterocycles. The van der Waals surface area contributed by atoms with Gasteiger partial charge >= 0.3 is 0 Å². The molecule has 3 aromatic carbocycles. The summed E-state index contributed by atoms with van der Waals surface area (Å²) in [6.45, 7) is 0. The third-order valence-corrected chi connectivity index (χ3v) is 5.93. The van der Waals surface area contributed by atoms with E-state index in [1.807, 2.05) is 42.5 Å². The van der Waals surface area contributed by atoms with Gasteiger partial charge in [0.05, 0.1) is 29.6 Å². The molecular formula is C26H21N3O4S. The first-order valence-electron chi connectivity index (χ1n) is 10.3. The molecule has 8 heteroatoms. The lowest BCUT2D eigenvalue weighted by Crippen LogP contribution is -2.30. The fourth-order valence-corrected chi connectivity index (χ4v) is 4.27. The maximum atomic E-state index is 13.4. The average Bonchev–Trinajstić information content (AvgIpc) is 2.88. The second-order valence-corrected chi connectivity index (χ2v) is 8.07. The number of carbonyl (C=O) groups excluding carboxylic acids is 1. The van der Waals surface area contributed by atoms with Crippen molar-refractivity contribution in [2.45, 2.75) is 6.04 Å². The van der Waals surface area contributed by atoms with Crippen molar-refractivity contribution in [3.05, 3.63) is 96.2 Å². The van der Waals surface area contributed by atoms with Crippen molar-refractivity contribution in [3.8, 4) is 18.1 Å². The van der Waals surface area contributed by atoms with E-state index in [0.717, 1.165) is 15.3 Å². The van der Waals surface area contributed by atoms with Crippen LogP contribution < -0.4 is 14.4 Å². The molecule has 1 heterocycles. The second-order valence-electron chi connectivity index (χ2n) is 7.24. The number of terminal acetylenes is 1. The molecule has 2 N–H and O–H groups in total. The molecule has 1 aromatic heterocycles. The predicted octanol–water partition coefficient (Wildman–Crippen LogP) is 4.62. The third kappa shape index (κ3) is 4.62. The Labute approximate surface area is 199 Å². The zero-order valence-electron chi connectivity index (χ0n) is 18.2. The maximum Gasteiger partial charge on any atom is 0.266 e. The van der Waals surface area contributed by atoms with E-state index in [4.69, 9.17) is 11.2 Å². The van der Waals surface area contributed by atoms with Crippen LogP contribution in [0.15, 0.2) is 85.1 Å². The molecule has 0 spiro atoms. The van der Waals surface area contributed by atoms with E-state index >= 15 is 0 Å². The molecular weight excluding hydrogens is 450 g/mol. The van der Waals surface area contributed by atoms with Crippen molar-refractivity contribution in [2.75, 3.05) is 11.4 Å². The third-order valence-electron chi connectivity index (χ3n) is 5.23. The number of aromatic nitrogens is 1. The molecule has 0 aliphatic heterocycles. The number of amides is 1. The first-order chi connectivity index (χ1) is 16.5. The van der Waals surface area contributed by atoms with Gasteiger partial charge < -0.3 is 10.1 Å². The summed E-state index contributed by atoms with van der Waals surface area (Å²) in [6.07, 6.45) is 7.29. The van der Waals surface area contributed by atoms with E-state index in [9.17, 15) is 13.6 Å². The van der Waals surface area contributed by atoms with Gasteiger partial charge in [-0.25, -0.2) is 8.51 Å². The van der Waals surface area contributed by atoms with Crippen LogP contribution in [0.1, 0.15) is 22.0 Å². The number of nitrogens with one attached hydrogen (secondary N) is 1. The molecule has 170 valence electrons. The van der Waals surface area contributed by atoms with E-state index in [1.54, 1.807) is 36.5 Å². The van der Waals surface area contributed by atoms with Crippen LogP contribution in [0.5, 0.6) is 5.75 Å². The number of nitrogens with zero attached hydrogens (tertiary/aromatic N) is 2. The Bertz CT molecular complexity index is 1400. The molecule has 7 nitrogen and oxygen atoms in total. The van der Waals surface area contributed by atoms with Crippen molar-refractivity contribution in [1.82, 2.24) is 10.3 Å². The highest BCUT2D eigenvalue weighted by Gasteiger charge is 2.26. The molecule has 2 unspecified atom stereocenters. The quantitative estimate of drug-likeness (QED) is 0.303. The summed E-state index contributed by atoms with van der Waals surface area (Å²) >= 11 is -2.51. The van der Waals surface area contributed by atoms with Crippen LogP contribution >= 0.6 is 0 Å². The minimum atomic E-state index is -2.51. The van der Waals surface area contributed by atoms with Crippen LogP contribution in [0.2, 0.25) is 0 Å². The van der Waals surface area contributed by atoms with Gasteiger partial charge in [-0.2, -0.15) is 0 Å². The lowest BCUT2D eigenvalue weighted by molar-refractivity contribution is 0.0946. The molecule has 0 saturated carbocycles. The number of fused-ring (bicyclic) bond motifs is 1. The molecule has 4 aromatic rings. The zero-order chi connectivity index (χ0) is 24.1. The van der Waals surface area contributed by atoms with Crippen LogP contribution in [0, 0.1) is 12.3 Å². The highest BCUT2D eigenvalue weighted by molar-refractivity contribution is 7.81. The van der Waals surface area contributed by atoms with Crippen molar-refractivity contribution in [1.29, 1.82) is 0 Å². The fraction of sp³-hybridized carbons (Fsp3) is 0.0769. The smallest absolute Gasteiger partial charge is 0.266 e. The number of hydrogen-bond donors (Lipinski definition) is 2. The number of hydrogen-bond acceptors (Lipinski definition) is 4. The van der Waals surface area contributed by atoms with Crippen molar-refractivity contribution in [2.24, 2.45) is 0 Å². The molecule has 0 aliphatic rings. The van der Waals surface area contributed by atoms with Crippen LogP contribution in [-0.2, 0) is 11.3 Å². The largest absolute Gasteiger partial charge is 0.497 e. The molecule has 2 atom stereocenters. The van der Waals surface area contributed by atoms with E-state index in [1.165, 1.54) is 13.2 Å². The highest BCUT2D eigenvalue weighted by atomic mass is 32.2. The number of methoxy groups -OCH3 is 1. The minimum Gasteiger partial charge on any atom is -0.497 e. The number of ether oxygens (including phenoxy) is 1. The minimum absolute atomic E-state index is 0.117. The van der Waals surface area contributed by atoms with E-state index in [-0.39, 0.29) is 11.3 Å². The summed E-state index contributed by atoms with van der Waals surface area (Å²) in [6, 6.07) is 22.0. The van der Waals surface area contributed by atoms with Gasteiger partial charge in [0, 0.05) is 11.6 Å². The van der Waals surface area contributed by atoms with Gasteiger partial charge in [0.25, 0.3) is 17.2 Å².